The number of aromatic amines is 1. The zero-order valence-corrected chi connectivity index (χ0v) is 16.9. The monoisotopic (exact) mass is 443 g/mol. The van der Waals surface area contributed by atoms with E-state index in [4.69, 9.17) is 16.3 Å². The normalized spacial score (nSPS) is 11.6. The fraction of sp³-hybridized carbons (Fsp3) is 0.125. The number of alkyl halides is 3. The molecule has 0 spiro atoms. The summed E-state index contributed by atoms with van der Waals surface area (Å²) in [6.45, 7) is -0.240. The van der Waals surface area contributed by atoms with Crippen molar-refractivity contribution in [3.05, 3.63) is 88.9 Å². The van der Waals surface area contributed by atoms with E-state index in [9.17, 15) is 18.0 Å². The molecule has 4 rings (SSSR count). The third-order valence-electron chi connectivity index (χ3n) is 4.83. The second kappa shape index (κ2) is 8.47. The van der Waals surface area contributed by atoms with Crippen LogP contribution in [0.1, 0.15) is 11.1 Å². The van der Waals surface area contributed by atoms with Gasteiger partial charge in [0.25, 0.3) is 0 Å². The lowest BCUT2D eigenvalue weighted by atomic mass is 10.1. The van der Waals surface area contributed by atoms with Crippen LogP contribution >= 0.6 is 11.6 Å². The SMILES string of the molecule is O=C(COc1ccc(-c2cc3ccccc3[nH]2)cc1)Cc1ccc(Cl)c(C(F)(F)F)c1. The number of hydrogen-bond donors (Lipinski definition) is 1. The zero-order valence-electron chi connectivity index (χ0n) is 16.2. The maximum absolute atomic E-state index is 13.0. The van der Waals surface area contributed by atoms with Gasteiger partial charge in [0, 0.05) is 23.0 Å². The summed E-state index contributed by atoms with van der Waals surface area (Å²) in [4.78, 5) is 15.5. The molecule has 1 N–H and O–H groups in total. The Morgan fingerprint density at radius 1 is 0.968 bits per heavy atom. The maximum Gasteiger partial charge on any atom is 0.417 e. The van der Waals surface area contributed by atoms with E-state index in [1.54, 1.807) is 12.1 Å². The van der Waals surface area contributed by atoms with E-state index in [-0.39, 0.29) is 24.4 Å². The van der Waals surface area contributed by atoms with Gasteiger partial charge in [-0.2, -0.15) is 13.2 Å². The highest BCUT2D eigenvalue weighted by Crippen LogP contribution is 2.35. The van der Waals surface area contributed by atoms with E-state index in [1.165, 1.54) is 6.07 Å². The second-order valence-corrected chi connectivity index (χ2v) is 7.52. The van der Waals surface area contributed by atoms with Crippen molar-refractivity contribution in [1.29, 1.82) is 0 Å². The molecule has 0 aliphatic carbocycles. The van der Waals surface area contributed by atoms with Gasteiger partial charge in [-0.3, -0.25) is 4.79 Å². The smallest absolute Gasteiger partial charge is 0.417 e. The lowest BCUT2D eigenvalue weighted by Crippen LogP contribution is -2.14. The number of fused-ring (bicyclic) bond motifs is 1. The lowest BCUT2D eigenvalue weighted by molar-refractivity contribution is -0.137. The fourth-order valence-electron chi connectivity index (χ4n) is 3.30. The molecular formula is C24H17ClF3NO2. The molecule has 0 saturated heterocycles. The molecule has 1 heterocycles. The Hall–Kier alpha value is -3.25. The minimum absolute atomic E-state index is 0.173. The van der Waals surface area contributed by atoms with Crippen molar-refractivity contribution in [2.24, 2.45) is 0 Å². The predicted molar refractivity (Wildman–Crippen MR) is 114 cm³/mol. The molecule has 0 aliphatic heterocycles. The highest BCUT2D eigenvalue weighted by Gasteiger charge is 2.33. The van der Waals surface area contributed by atoms with Crippen molar-refractivity contribution in [1.82, 2.24) is 4.98 Å². The molecule has 3 aromatic carbocycles. The summed E-state index contributed by atoms with van der Waals surface area (Å²) in [7, 11) is 0. The van der Waals surface area contributed by atoms with Crippen LogP contribution in [-0.4, -0.2) is 17.4 Å². The Kier molecular flexibility index (Phi) is 5.74. The number of halogens is 4. The molecule has 3 nitrogen and oxygen atoms in total. The first-order chi connectivity index (χ1) is 14.8. The van der Waals surface area contributed by atoms with Crippen molar-refractivity contribution in [2.75, 3.05) is 6.61 Å². The van der Waals surface area contributed by atoms with Crippen LogP contribution in [0.25, 0.3) is 22.2 Å². The van der Waals surface area contributed by atoms with Crippen molar-refractivity contribution >= 4 is 28.3 Å². The molecule has 7 heteroatoms. The number of para-hydroxylation sites is 1. The summed E-state index contributed by atoms with van der Waals surface area (Å²) in [6.07, 6.45) is -4.74. The molecule has 0 bridgehead atoms. The number of rotatable bonds is 6. The molecule has 4 aromatic rings. The van der Waals surface area contributed by atoms with Crippen LogP contribution in [0, 0.1) is 0 Å². The molecular weight excluding hydrogens is 427 g/mol. The van der Waals surface area contributed by atoms with Gasteiger partial charge in [-0.25, -0.2) is 0 Å². The molecule has 31 heavy (non-hydrogen) atoms. The fourth-order valence-corrected chi connectivity index (χ4v) is 3.53. The highest BCUT2D eigenvalue weighted by molar-refractivity contribution is 6.31. The van der Waals surface area contributed by atoms with Crippen molar-refractivity contribution < 1.29 is 22.7 Å². The third-order valence-corrected chi connectivity index (χ3v) is 5.16. The van der Waals surface area contributed by atoms with Gasteiger partial charge in [0.1, 0.15) is 12.4 Å². The van der Waals surface area contributed by atoms with Crippen LogP contribution in [0.3, 0.4) is 0 Å². The molecule has 0 radical (unpaired) electrons. The molecule has 0 aliphatic rings. The van der Waals surface area contributed by atoms with Crippen molar-refractivity contribution in [2.45, 2.75) is 12.6 Å². The number of ketones is 1. The standard InChI is InChI=1S/C24H17ClF3NO2/c25-21-10-5-15(12-20(21)24(26,27)28)11-18(30)14-31-19-8-6-16(7-9-19)23-13-17-3-1-2-4-22(17)29-23/h1-10,12-13,29H,11,14H2. The van der Waals surface area contributed by atoms with Crippen LogP contribution in [0.5, 0.6) is 5.75 Å². The van der Waals surface area contributed by atoms with E-state index in [0.717, 1.165) is 34.3 Å². The number of Topliss-reactive ketones (excluding diaryl/α,β-unsaturated/α-hetero) is 1. The molecule has 0 unspecified atom stereocenters. The molecule has 0 atom stereocenters. The van der Waals surface area contributed by atoms with E-state index in [0.29, 0.717) is 5.75 Å². The average molecular weight is 444 g/mol. The van der Waals surface area contributed by atoms with Crippen LogP contribution in [-0.2, 0) is 17.4 Å². The number of H-pyrrole nitrogens is 1. The maximum atomic E-state index is 13.0. The third kappa shape index (κ3) is 4.91. The number of benzene rings is 3. The number of aromatic nitrogens is 1. The molecule has 0 amide bonds. The molecule has 1 aromatic heterocycles. The van der Waals surface area contributed by atoms with E-state index < -0.39 is 16.8 Å². The Labute approximate surface area is 181 Å². The summed E-state index contributed by atoms with van der Waals surface area (Å²) in [5, 5.41) is 0.717. The van der Waals surface area contributed by atoms with E-state index >= 15 is 0 Å². The van der Waals surface area contributed by atoms with Gasteiger partial charge in [0.15, 0.2) is 5.78 Å². The Morgan fingerprint density at radius 3 is 2.42 bits per heavy atom. The highest BCUT2D eigenvalue weighted by atomic mass is 35.5. The Balaban J connectivity index is 1.37. The van der Waals surface area contributed by atoms with Gasteiger partial charge in [0.2, 0.25) is 0 Å². The number of hydrogen-bond acceptors (Lipinski definition) is 2. The minimum atomic E-state index is -4.57. The first kappa shape index (κ1) is 21.0. The summed E-state index contributed by atoms with van der Waals surface area (Å²) in [5.74, 6) is 0.162. The topological polar surface area (TPSA) is 42.1 Å². The van der Waals surface area contributed by atoms with Gasteiger partial charge in [-0.1, -0.05) is 35.9 Å². The number of carbonyl (C=O) groups excluding carboxylic acids is 1. The molecule has 0 fully saturated rings. The van der Waals surface area contributed by atoms with Gasteiger partial charge in [0.05, 0.1) is 10.6 Å². The molecule has 158 valence electrons. The minimum Gasteiger partial charge on any atom is -0.486 e. The number of nitrogens with one attached hydrogen (secondary N) is 1. The quantitative estimate of drug-likeness (QED) is 0.360. The van der Waals surface area contributed by atoms with E-state index in [2.05, 4.69) is 11.1 Å². The van der Waals surface area contributed by atoms with Gasteiger partial charge >= 0.3 is 6.18 Å². The summed E-state index contributed by atoms with van der Waals surface area (Å²) >= 11 is 5.61. The van der Waals surface area contributed by atoms with Gasteiger partial charge in [-0.05, 0) is 59.7 Å². The van der Waals surface area contributed by atoms with Crippen molar-refractivity contribution in [3.8, 4) is 17.0 Å². The van der Waals surface area contributed by atoms with Crippen LogP contribution in [0.4, 0.5) is 13.2 Å². The average Bonchev–Trinajstić information content (AvgIpc) is 3.17. The van der Waals surface area contributed by atoms with Crippen LogP contribution in [0.15, 0.2) is 72.8 Å². The predicted octanol–water partition coefficient (Wildman–Crippen LogP) is 6.70. The first-order valence-electron chi connectivity index (χ1n) is 9.48. The van der Waals surface area contributed by atoms with Gasteiger partial charge < -0.3 is 9.72 Å². The second-order valence-electron chi connectivity index (χ2n) is 7.11. The first-order valence-corrected chi connectivity index (χ1v) is 9.86. The molecule has 0 saturated carbocycles. The van der Waals surface area contributed by atoms with Crippen molar-refractivity contribution in [3.63, 3.8) is 0 Å². The Bertz CT molecular complexity index is 1200. The zero-order chi connectivity index (χ0) is 22.0. The Morgan fingerprint density at radius 2 is 1.71 bits per heavy atom. The summed E-state index contributed by atoms with van der Waals surface area (Å²) < 4.78 is 44.4. The van der Waals surface area contributed by atoms with Crippen LogP contribution < -0.4 is 4.74 Å². The lowest BCUT2D eigenvalue weighted by Gasteiger charge is -2.11. The largest absolute Gasteiger partial charge is 0.486 e. The van der Waals surface area contributed by atoms with Crippen LogP contribution in [0.2, 0.25) is 5.02 Å². The summed E-state index contributed by atoms with van der Waals surface area (Å²) in [6, 6.07) is 20.7. The van der Waals surface area contributed by atoms with Gasteiger partial charge in [-0.15, -0.1) is 0 Å². The summed E-state index contributed by atoms with van der Waals surface area (Å²) in [5.41, 5.74) is 2.26. The number of carbonyl (C=O) groups is 1. The number of ether oxygens (including phenoxy) is 1. The van der Waals surface area contributed by atoms with E-state index in [1.807, 2.05) is 36.4 Å².